The molecule has 3 fully saturated rings. The summed E-state index contributed by atoms with van der Waals surface area (Å²) in [5, 5.41) is 6.55. The lowest BCUT2D eigenvalue weighted by Crippen LogP contribution is -2.62. The predicted molar refractivity (Wildman–Crippen MR) is 79.7 cm³/mol. The van der Waals surface area contributed by atoms with E-state index in [2.05, 4.69) is 20.4 Å². The molecule has 0 aromatic carbocycles. The summed E-state index contributed by atoms with van der Waals surface area (Å²) in [6.07, 6.45) is 6.24. The molecule has 0 unspecified atom stereocenters. The minimum Gasteiger partial charge on any atom is -0.352 e. The second-order valence-corrected chi connectivity index (χ2v) is 6.53. The Morgan fingerprint density at radius 1 is 1.05 bits per heavy atom. The van der Waals surface area contributed by atoms with Crippen LogP contribution in [0, 0.1) is 0 Å². The van der Waals surface area contributed by atoms with Gasteiger partial charge in [-0.1, -0.05) is 19.3 Å². The summed E-state index contributed by atoms with van der Waals surface area (Å²) in [6, 6.07) is 1.19. The van der Waals surface area contributed by atoms with Crippen molar-refractivity contribution in [2.75, 3.05) is 45.8 Å². The SMILES string of the molecule is O=C(CN1CCN(C2CNC2)CC1)NC1CCCCC1. The van der Waals surface area contributed by atoms with Gasteiger partial charge < -0.3 is 10.6 Å². The number of nitrogens with zero attached hydrogens (tertiary/aromatic N) is 2. The van der Waals surface area contributed by atoms with Gasteiger partial charge in [-0.05, 0) is 12.8 Å². The third-order valence-electron chi connectivity index (χ3n) is 5.02. The third-order valence-corrected chi connectivity index (χ3v) is 5.02. The molecule has 0 spiro atoms. The van der Waals surface area contributed by atoms with E-state index < -0.39 is 0 Å². The predicted octanol–water partition coefficient (Wildman–Crippen LogP) is 0.0247. The molecular weight excluding hydrogens is 252 g/mol. The molecular formula is C15H28N4O. The maximum atomic E-state index is 12.1. The van der Waals surface area contributed by atoms with E-state index in [4.69, 9.17) is 0 Å². The first kappa shape index (κ1) is 14.3. The summed E-state index contributed by atoms with van der Waals surface area (Å²) in [5.41, 5.74) is 0. The zero-order chi connectivity index (χ0) is 13.8. The van der Waals surface area contributed by atoms with Crippen LogP contribution in [-0.2, 0) is 4.79 Å². The molecule has 3 rings (SSSR count). The van der Waals surface area contributed by atoms with E-state index in [0.717, 1.165) is 45.3 Å². The number of piperazine rings is 1. The van der Waals surface area contributed by atoms with Crippen LogP contribution in [0.4, 0.5) is 0 Å². The Morgan fingerprint density at radius 2 is 1.75 bits per heavy atom. The van der Waals surface area contributed by atoms with Crippen LogP contribution in [0.2, 0.25) is 0 Å². The summed E-state index contributed by atoms with van der Waals surface area (Å²) < 4.78 is 0. The Balaban J connectivity index is 1.34. The van der Waals surface area contributed by atoms with Crippen molar-refractivity contribution in [1.82, 2.24) is 20.4 Å². The largest absolute Gasteiger partial charge is 0.352 e. The molecule has 1 amide bonds. The lowest BCUT2D eigenvalue weighted by atomic mass is 9.95. The molecule has 2 heterocycles. The molecule has 0 atom stereocenters. The van der Waals surface area contributed by atoms with Crippen molar-refractivity contribution in [3.63, 3.8) is 0 Å². The second-order valence-electron chi connectivity index (χ2n) is 6.53. The van der Waals surface area contributed by atoms with Crippen LogP contribution in [0.25, 0.3) is 0 Å². The van der Waals surface area contributed by atoms with Crippen LogP contribution in [0.1, 0.15) is 32.1 Å². The number of carbonyl (C=O) groups is 1. The molecule has 114 valence electrons. The average Bonchev–Trinajstić information content (AvgIpc) is 2.40. The summed E-state index contributed by atoms with van der Waals surface area (Å²) >= 11 is 0. The van der Waals surface area contributed by atoms with Crippen molar-refractivity contribution < 1.29 is 4.79 Å². The van der Waals surface area contributed by atoms with E-state index in [1.165, 1.54) is 32.1 Å². The van der Waals surface area contributed by atoms with Gasteiger partial charge in [-0.25, -0.2) is 0 Å². The fraction of sp³-hybridized carbons (Fsp3) is 0.933. The Labute approximate surface area is 122 Å². The highest BCUT2D eigenvalue weighted by atomic mass is 16.2. The molecule has 5 nitrogen and oxygen atoms in total. The molecule has 3 aliphatic rings. The fourth-order valence-electron chi connectivity index (χ4n) is 3.54. The summed E-state index contributed by atoms with van der Waals surface area (Å²) in [5.74, 6) is 0.232. The average molecular weight is 280 g/mol. The molecule has 2 N–H and O–H groups in total. The van der Waals surface area contributed by atoms with Gasteiger partial charge in [-0.2, -0.15) is 0 Å². The highest BCUT2D eigenvalue weighted by Crippen LogP contribution is 2.17. The third kappa shape index (κ3) is 3.71. The first-order chi connectivity index (χ1) is 9.81. The van der Waals surface area contributed by atoms with Gasteiger partial charge in [0.05, 0.1) is 6.54 Å². The molecule has 1 aliphatic carbocycles. The lowest BCUT2D eigenvalue weighted by Gasteiger charge is -2.43. The highest BCUT2D eigenvalue weighted by Gasteiger charge is 2.28. The van der Waals surface area contributed by atoms with Crippen LogP contribution in [0.3, 0.4) is 0 Å². The van der Waals surface area contributed by atoms with Crippen molar-refractivity contribution in [3.8, 4) is 0 Å². The quantitative estimate of drug-likeness (QED) is 0.762. The Bertz CT molecular complexity index is 318. The maximum absolute atomic E-state index is 12.1. The van der Waals surface area contributed by atoms with Crippen LogP contribution < -0.4 is 10.6 Å². The number of nitrogens with one attached hydrogen (secondary N) is 2. The van der Waals surface area contributed by atoms with Crippen LogP contribution in [-0.4, -0.2) is 73.6 Å². The van der Waals surface area contributed by atoms with Gasteiger partial charge in [0, 0.05) is 51.4 Å². The number of carbonyl (C=O) groups excluding carboxylic acids is 1. The monoisotopic (exact) mass is 280 g/mol. The van der Waals surface area contributed by atoms with Crippen molar-refractivity contribution >= 4 is 5.91 Å². The number of rotatable bonds is 4. The van der Waals surface area contributed by atoms with Gasteiger partial charge in [0.1, 0.15) is 0 Å². The van der Waals surface area contributed by atoms with E-state index in [1.54, 1.807) is 0 Å². The van der Waals surface area contributed by atoms with Crippen LogP contribution >= 0.6 is 0 Å². The Hall–Kier alpha value is -0.650. The smallest absolute Gasteiger partial charge is 0.234 e. The summed E-state index contributed by atoms with van der Waals surface area (Å²) in [6.45, 7) is 7.17. The molecule has 2 aliphatic heterocycles. The number of hydrogen-bond donors (Lipinski definition) is 2. The zero-order valence-electron chi connectivity index (χ0n) is 12.4. The Morgan fingerprint density at radius 3 is 2.35 bits per heavy atom. The van der Waals surface area contributed by atoms with Gasteiger partial charge in [-0.15, -0.1) is 0 Å². The van der Waals surface area contributed by atoms with E-state index in [1.807, 2.05) is 0 Å². The van der Waals surface area contributed by atoms with Crippen LogP contribution in [0.5, 0.6) is 0 Å². The fourth-order valence-corrected chi connectivity index (χ4v) is 3.54. The highest BCUT2D eigenvalue weighted by molar-refractivity contribution is 5.78. The summed E-state index contributed by atoms with van der Waals surface area (Å²) in [7, 11) is 0. The molecule has 0 aromatic heterocycles. The van der Waals surface area contributed by atoms with Gasteiger partial charge in [0.25, 0.3) is 0 Å². The van der Waals surface area contributed by atoms with Crippen molar-refractivity contribution in [2.45, 2.75) is 44.2 Å². The maximum Gasteiger partial charge on any atom is 0.234 e. The molecule has 0 bridgehead atoms. The molecule has 5 heteroatoms. The minimum atomic E-state index is 0.232. The standard InChI is InChI=1S/C15H28N4O/c20-15(17-13-4-2-1-3-5-13)12-18-6-8-19(9-7-18)14-10-16-11-14/h13-14,16H,1-12H2,(H,17,20). The Kier molecular flexibility index (Phi) is 4.91. The molecule has 2 saturated heterocycles. The topological polar surface area (TPSA) is 47.6 Å². The van der Waals surface area contributed by atoms with Crippen molar-refractivity contribution in [1.29, 1.82) is 0 Å². The second kappa shape index (κ2) is 6.87. The van der Waals surface area contributed by atoms with Crippen LogP contribution in [0.15, 0.2) is 0 Å². The first-order valence-corrected chi connectivity index (χ1v) is 8.28. The van der Waals surface area contributed by atoms with E-state index in [9.17, 15) is 4.79 Å². The van der Waals surface area contributed by atoms with Gasteiger partial charge in [0.15, 0.2) is 0 Å². The van der Waals surface area contributed by atoms with Gasteiger partial charge in [0.2, 0.25) is 5.91 Å². The number of hydrogen-bond acceptors (Lipinski definition) is 4. The van der Waals surface area contributed by atoms with Crippen molar-refractivity contribution in [2.24, 2.45) is 0 Å². The normalized spacial score (nSPS) is 27.2. The molecule has 0 radical (unpaired) electrons. The van der Waals surface area contributed by atoms with E-state index in [0.29, 0.717) is 12.6 Å². The summed E-state index contributed by atoms with van der Waals surface area (Å²) in [4.78, 5) is 17.0. The first-order valence-electron chi connectivity index (χ1n) is 8.28. The molecule has 0 aromatic rings. The van der Waals surface area contributed by atoms with E-state index >= 15 is 0 Å². The molecule has 20 heavy (non-hydrogen) atoms. The molecule has 1 saturated carbocycles. The van der Waals surface area contributed by atoms with E-state index in [-0.39, 0.29) is 5.91 Å². The zero-order valence-corrected chi connectivity index (χ0v) is 12.4. The minimum absolute atomic E-state index is 0.232. The van der Waals surface area contributed by atoms with Gasteiger partial charge >= 0.3 is 0 Å². The number of amides is 1. The lowest BCUT2D eigenvalue weighted by molar-refractivity contribution is -0.123. The van der Waals surface area contributed by atoms with Crippen molar-refractivity contribution in [3.05, 3.63) is 0 Å². The van der Waals surface area contributed by atoms with Gasteiger partial charge in [-0.3, -0.25) is 14.6 Å².